The van der Waals surface area contributed by atoms with Crippen LogP contribution in [-0.2, 0) is 4.74 Å². The normalized spacial score (nSPS) is 34.9. The van der Waals surface area contributed by atoms with Crippen LogP contribution in [0.2, 0.25) is 0 Å². The molecule has 1 aliphatic heterocycles. The molecule has 0 radical (unpaired) electrons. The van der Waals surface area contributed by atoms with Crippen LogP contribution in [0.1, 0.15) is 55.9 Å². The van der Waals surface area contributed by atoms with Crippen molar-refractivity contribution in [3.8, 4) is 11.3 Å². The van der Waals surface area contributed by atoms with Crippen molar-refractivity contribution in [1.82, 2.24) is 14.9 Å². The van der Waals surface area contributed by atoms with Crippen LogP contribution >= 0.6 is 11.3 Å². The van der Waals surface area contributed by atoms with Crippen molar-refractivity contribution in [2.45, 2.75) is 57.0 Å². The van der Waals surface area contributed by atoms with Crippen molar-refractivity contribution in [2.24, 2.45) is 23.7 Å². The van der Waals surface area contributed by atoms with Gasteiger partial charge in [0, 0.05) is 42.3 Å². The molecule has 5 aliphatic rings. The van der Waals surface area contributed by atoms with E-state index >= 15 is 0 Å². The van der Waals surface area contributed by atoms with E-state index in [1.54, 1.807) is 23.7 Å². The number of aromatic nitrogens is 2. The quantitative estimate of drug-likeness (QED) is 0.668. The SMILES string of the molecule is O=C(OC1CC2CC3CC(C2)CC1C3)N1CCC(c2nc(-c3ccncc3)cs2)C1. The Bertz CT molecular complexity index is 902. The van der Waals surface area contributed by atoms with Gasteiger partial charge in [-0.25, -0.2) is 9.78 Å². The largest absolute Gasteiger partial charge is 0.446 e. The van der Waals surface area contributed by atoms with E-state index in [0.717, 1.165) is 59.9 Å². The summed E-state index contributed by atoms with van der Waals surface area (Å²) in [6.45, 7) is 1.51. The van der Waals surface area contributed by atoms with Crippen molar-refractivity contribution in [2.75, 3.05) is 13.1 Å². The first-order valence-corrected chi connectivity index (χ1v) is 12.4. The van der Waals surface area contributed by atoms with Gasteiger partial charge >= 0.3 is 6.09 Å². The van der Waals surface area contributed by atoms with Crippen LogP contribution < -0.4 is 0 Å². The van der Waals surface area contributed by atoms with Crippen molar-refractivity contribution in [3.05, 3.63) is 34.9 Å². The zero-order valence-corrected chi connectivity index (χ0v) is 18.1. The number of pyridine rings is 1. The van der Waals surface area contributed by atoms with Gasteiger partial charge < -0.3 is 9.64 Å². The monoisotopic (exact) mass is 423 g/mol. The molecule has 0 aromatic carbocycles. The first-order chi connectivity index (χ1) is 14.7. The molecule has 1 amide bonds. The van der Waals surface area contributed by atoms with E-state index in [0.29, 0.717) is 11.8 Å². The van der Waals surface area contributed by atoms with E-state index in [2.05, 4.69) is 10.4 Å². The number of hydrogen-bond acceptors (Lipinski definition) is 5. The maximum absolute atomic E-state index is 13.0. The molecule has 1 saturated heterocycles. The van der Waals surface area contributed by atoms with Crippen molar-refractivity contribution < 1.29 is 9.53 Å². The second kappa shape index (κ2) is 7.63. The number of carbonyl (C=O) groups is 1. The zero-order valence-electron chi connectivity index (χ0n) is 17.3. The van der Waals surface area contributed by atoms with Crippen LogP contribution in [0.25, 0.3) is 11.3 Å². The van der Waals surface area contributed by atoms with Crippen LogP contribution in [0.4, 0.5) is 4.79 Å². The molecule has 0 spiro atoms. The Morgan fingerprint density at radius 2 is 1.77 bits per heavy atom. The lowest BCUT2D eigenvalue weighted by Gasteiger charge is -2.38. The van der Waals surface area contributed by atoms with Crippen molar-refractivity contribution >= 4 is 17.4 Å². The summed E-state index contributed by atoms with van der Waals surface area (Å²) >= 11 is 1.70. The summed E-state index contributed by atoms with van der Waals surface area (Å²) in [7, 11) is 0. The molecular weight excluding hydrogens is 394 g/mol. The summed E-state index contributed by atoms with van der Waals surface area (Å²) in [6, 6.07) is 3.98. The summed E-state index contributed by atoms with van der Waals surface area (Å²) in [6.07, 6.45) is 12.5. The minimum absolute atomic E-state index is 0.0883. The molecule has 6 heteroatoms. The van der Waals surface area contributed by atoms with Gasteiger partial charge in [0.25, 0.3) is 0 Å². The maximum Gasteiger partial charge on any atom is 0.410 e. The third kappa shape index (κ3) is 3.53. The van der Waals surface area contributed by atoms with Crippen LogP contribution in [0, 0.1) is 23.7 Å². The highest BCUT2D eigenvalue weighted by Gasteiger charge is 2.45. The zero-order chi connectivity index (χ0) is 20.1. The molecule has 4 bridgehead atoms. The van der Waals surface area contributed by atoms with E-state index in [1.165, 1.54) is 32.1 Å². The summed E-state index contributed by atoms with van der Waals surface area (Å²) in [5.41, 5.74) is 2.10. The fourth-order valence-electron chi connectivity index (χ4n) is 6.66. The molecule has 30 heavy (non-hydrogen) atoms. The molecule has 2 aromatic heterocycles. The molecule has 4 aliphatic carbocycles. The number of amides is 1. The first-order valence-electron chi connectivity index (χ1n) is 11.5. The van der Waals surface area contributed by atoms with Crippen LogP contribution in [-0.4, -0.2) is 40.2 Å². The van der Waals surface area contributed by atoms with E-state index < -0.39 is 0 Å². The summed E-state index contributed by atoms with van der Waals surface area (Å²) in [5.74, 6) is 3.50. The van der Waals surface area contributed by atoms with Gasteiger partial charge in [-0.3, -0.25) is 4.98 Å². The predicted molar refractivity (Wildman–Crippen MR) is 116 cm³/mol. The molecule has 158 valence electrons. The second-order valence-electron chi connectivity index (χ2n) is 9.93. The number of likely N-dealkylation sites (tertiary alicyclic amines) is 1. The average molecular weight is 424 g/mol. The lowest BCUT2D eigenvalue weighted by Crippen LogP contribution is -2.36. The van der Waals surface area contributed by atoms with Gasteiger partial charge in [-0.15, -0.1) is 11.3 Å². The Balaban J connectivity index is 1.09. The number of hydrogen-bond donors (Lipinski definition) is 0. The van der Waals surface area contributed by atoms with E-state index in [1.807, 2.05) is 17.0 Å². The highest BCUT2D eigenvalue weighted by atomic mass is 32.1. The van der Waals surface area contributed by atoms with E-state index in [-0.39, 0.29) is 12.2 Å². The molecule has 0 N–H and O–H groups in total. The van der Waals surface area contributed by atoms with Gasteiger partial charge in [0.2, 0.25) is 0 Å². The van der Waals surface area contributed by atoms with Gasteiger partial charge in [0.05, 0.1) is 10.7 Å². The number of ether oxygens (including phenoxy) is 1. The fraction of sp³-hybridized carbons (Fsp3) is 0.625. The molecule has 4 unspecified atom stereocenters. The summed E-state index contributed by atoms with van der Waals surface area (Å²) in [5, 5.41) is 3.24. The van der Waals surface area contributed by atoms with Gasteiger partial charge in [-0.05, 0) is 80.8 Å². The van der Waals surface area contributed by atoms with E-state index in [4.69, 9.17) is 9.72 Å². The maximum atomic E-state index is 13.0. The van der Waals surface area contributed by atoms with Crippen LogP contribution in [0.15, 0.2) is 29.9 Å². The van der Waals surface area contributed by atoms with Gasteiger partial charge in [0.15, 0.2) is 0 Å². The molecule has 5 fully saturated rings. The minimum atomic E-state index is -0.0883. The molecule has 3 heterocycles. The lowest BCUT2D eigenvalue weighted by atomic mass is 9.68. The average Bonchev–Trinajstić information content (AvgIpc) is 3.39. The highest BCUT2D eigenvalue weighted by molar-refractivity contribution is 7.10. The molecule has 4 atom stereocenters. The number of thiazole rings is 1. The Labute approximate surface area is 181 Å². The molecule has 2 aromatic rings. The Kier molecular flexibility index (Phi) is 4.78. The predicted octanol–water partition coefficient (Wildman–Crippen LogP) is 5.35. The third-order valence-corrected chi connectivity index (χ3v) is 8.92. The highest BCUT2D eigenvalue weighted by Crippen LogP contribution is 2.52. The topological polar surface area (TPSA) is 55.3 Å². The van der Waals surface area contributed by atoms with Gasteiger partial charge in [-0.1, -0.05) is 0 Å². The number of carbonyl (C=O) groups excluding carboxylic acids is 1. The summed E-state index contributed by atoms with van der Waals surface area (Å²) < 4.78 is 6.16. The van der Waals surface area contributed by atoms with Crippen LogP contribution in [0.3, 0.4) is 0 Å². The van der Waals surface area contributed by atoms with Gasteiger partial charge in [0.1, 0.15) is 6.10 Å². The number of rotatable bonds is 3. The number of fused-ring (bicyclic) bond motifs is 1. The second-order valence-corrected chi connectivity index (χ2v) is 10.8. The summed E-state index contributed by atoms with van der Waals surface area (Å²) in [4.78, 5) is 23.8. The van der Waals surface area contributed by atoms with E-state index in [9.17, 15) is 4.79 Å². The lowest BCUT2D eigenvalue weighted by molar-refractivity contribution is 0.0227. The Hall–Kier alpha value is -1.95. The number of nitrogens with zero attached hydrogens (tertiary/aromatic N) is 3. The molecular formula is C24H29N3O2S. The van der Waals surface area contributed by atoms with Gasteiger partial charge in [-0.2, -0.15) is 0 Å². The van der Waals surface area contributed by atoms with Crippen LogP contribution in [0.5, 0.6) is 0 Å². The Morgan fingerprint density at radius 1 is 1.03 bits per heavy atom. The molecule has 7 rings (SSSR count). The first kappa shape index (κ1) is 18.8. The van der Waals surface area contributed by atoms with Crippen molar-refractivity contribution in [3.63, 3.8) is 0 Å². The molecule has 4 saturated carbocycles. The third-order valence-electron chi connectivity index (χ3n) is 7.91. The minimum Gasteiger partial charge on any atom is -0.446 e. The molecule has 5 nitrogen and oxygen atoms in total. The Morgan fingerprint density at radius 3 is 2.53 bits per heavy atom. The standard InChI is InChI=1S/C24H29N3O2S/c28-24(29-22-12-17-8-15-7-16(9-17)11-20(22)10-15)27-6-3-19(13-27)23-26-21(14-30-23)18-1-4-25-5-2-18/h1-2,4-5,14-17,19-20,22H,3,6-13H2. The smallest absolute Gasteiger partial charge is 0.410 e. The fourth-order valence-corrected chi connectivity index (χ4v) is 7.62. The van der Waals surface area contributed by atoms with Crippen molar-refractivity contribution in [1.29, 1.82) is 0 Å².